The number of nitrogens with zero attached hydrogens (tertiary/aromatic N) is 3. The molecule has 8 nitrogen and oxygen atoms in total. The number of halogens is 3. The van der Waals surface area contributed by atoms with E-state index in [-0.39, 0.29) is 11.8 Å². The zero-order valence-corrected chi connectivity index (χ0v) is 24.6. The Hall–Kier alpha value is -3.57. The van der Waals surface area contributed by atoms with Gasteiger partial charge in [-0.1, -0.05) is 25.1 Å². The minimum Gasteiger partial charge on any atom is -0.487 e. The monoisotopic (exact) mass is 601 g/mol. The van der Waals surface area contributed by atoms with E-state index in [1.807, 2.05) is 23.9 Å². The van der Waals surface area contributed by atoms with E-state index in [4.69, 9.17) is 4.74 Å². The highest BCUT2D eigenvalue weighted by atomic mass is 19.4. The fourth-order valence-electron chi connectivity index (χ4n) is 6.13. The molecular weight excluding hydrogens is 563 g/mol. The first-order valence-corrected chi connectivity index (χ1v) is 14.8. The van der Waals surface area contributed by atoms with Crippen LogP contribution in [0.25, 0.3) is 11.1 Å². The number of ether oxygens (including phenoxy) is 2. The lowest BCUT2D eigenvalue weighted by Gasteiger charge is -2.46. The Morgan fingerprint density at radius 1 is 1.12 bits per heavy atom. The Labute approximate surface area is 249 Å². The van der Waals surface area contributed by atoms with Crippen LogP contribution >= 0.6 is 0 Å². The van der Waals surface area contributed by atoms with E-state index in [1.54, 1.807) is 30.5 Å². The first kappa shape index (κ1) is 30.9. The number of alkyl halides is 3. The van der Waals surface area contributed by atoms with Gasteiger partial charge in [-0.05, 0) is 80.8 Å². The van der Waals surface area contributed by atoms with Crippen molar-refractivity contribution in [1.29, 1.82) is 0 Å². The third kappa shape index (κ3) is 6.83. The predicted molar refractivity (Wildman–Crippen MR) is 154 cm³/mol. The molecule has 11 heteroatoms. The second kappa shape index (κ2) is 12.2. The molecule has 0 bridgehead atoms. The lowest BCUT2D eigenvalue weighted by Crippen LogP contribution is -2.50. The van der Waals surface area contributed by atoms with E-state index in [0.29, 0.717) is 42.8 Å². The number of carboxylic acids is 1. The zero-order chi connectivity index (χ0) is 30.9. The maximum absolute atomic E-state index is 13.3. The summed E-state index contributed by atoms with van der Waals surface area (Å²) in [6, 6.07) is 9.80. The number of carboxylic acid groups (broad SMARTS) is 1. The summed E-state index contributed by atoms with van der Waals surface area (Å²) in [5, 5.41) is 24.2. The molecule has 1 spiro atoms. The number of hydrogen-bond donors (Lipinski definition) is 2. The number of benzene rings is 2. The molecule has 2 N–H and O–H groups in total. The second-order valence-corrected chi connectivity index (χ2v) is 11.7. The van der Waals surface area contributed by atoms with E-state index in [1.165, 1.54) is 13.0 Å². The number of fused-ring (bicyclic) bond motifs is 1. The van der Waals surface area contributed by atoms with E-state index >= 15 is 0 Å². The molecule has 232 valence electrons. The Morgan fingerprint density at radius 2 is 1.86 bits per heavy atom. The highest BCUT2D eigenvalue weighted by Gasteiger charge is 2.41. The SMILES string of the molecule is CCCn1cc(-c2ccc(OC(F)(F)F)c(C(C)N3CCC4(CCc5ccc([C@H](O)[C@H](C)C(=O)O)cc5O4)CC3)c2)cn1. The highest BCUT2D eigenvalue weighted by Crippen LogP contribution is 2.43. The highest BCUT2D eigenvalue weighted by molar-refractivity contribution is 5.70. The lowest BCUT2D eigenvalue weighted by molar-refractivity contribution is -0.275. The summed E-state index contributed by atoms with van der Waals surface area (Å²) in [4.78, 5) is 13.5. The van der Waals surface area contributed by atoms with Crippen LogP contribution in [0.2, 0.25) is 0 Å². The Bertz CT molecular complexity index is 1450. The normalized spacial score (nSPS) is 18.9. The van der Waals surface area contributed by atoms with E-state index < -0.39 is 30.0 Å². The van der Waals surface area contributed by atoms with Crippen LogP contribution < -0.4 is 9.47 Å². The smallest absolute Gasteiger partial charge is 0.487 e. The van der Waals surface area contributed by atoms with Gasteiger partial charge in [0.2, 0.25) is 0 Å². The summed E-state index contributed by atoms with van der Waals surface area (Å²) in [6.07, 6.45) is 1.50. The fourth-order valence-corrected chi connectivity index (χ4v) is 6.13. The molecule has 1 saturated heterocycles. The van der Waals surface area contributed by atoms with Crippen LogP contribution in [-0.2, 0) is 17.8 Å². The number of aliphatic hydroxyl groups is 1. The van der Waals surface area contributed by atoms with Gasteiger partial charge in [-0.3, -0.25) is 14.4 Å². The summed E-state index contributed by atoms with van der Waals surface area (Å²) in [6.45, 7) is 7.39. The molecule has 43 heavy (non-hydrogen) atoms. The van der Waals surface area contributed by atoms with Crippen molar-refractivity contribution in [2.45, 2.75) is 83.5 Å². The van der Waals surface area contributed by atoms with Gasteiger partial charge >= 0.3 is 12.3 Å². The summed E-state index contributed by atoms with van der Waals surface area (Å²) in [7, 11) is 0. The third-order valence-electron chi connectivity index (χ3n) is 8.83. The molecule has 2 aliphatic heterocycles. The van der Waals surface area contributed by atoms with E-state index in [0.717, 1.165) is 42.5 Å². The number of aliphatic carboxylic acids is 1. The minimum absolute atomic E-state index is 0.213. The van der Waals surface area contributed by atoms with Gasteiger partial charge in [-0.2, -0.15) is 5.10 Å². The van der Waals surface area contributed by atoms with Crippen LogP contribution in [0.1, 0.15) is 75.3 Å². The van der Waals surface area contributed by atoms with Gasteiger partial charge in [0.1, 0.15) is 17.1 Å². The Balaban J connectivity index is 1.33. The average Bonchev–Trinajstić information content (AvgIpc) is 3.44. The third-order valence-corrected chi connectivity index (χ3v) is 8.83. The quantitative estimate of drug-likeness (QED) is 0.288. The molecular formula is C32H38F3N3O5. The topological polar surface area (TPSA) is 97.0 Å². The second-order valence-electron chi connectivity index (χ2n) is 11.7. The molecule has 1 fully saturated rings. The summed E-state index contributed by atoms with van der Waals surface area (Å²) < 4.78 is 52.9. The van der Waals surface area contributed by atoms with Crippen molar-refractivity contribution in [2.24, 2.45) is 5.92 Å². The van der Waals surface area contributed by atoms with Gasteiger partial charge in [-0.15, -0.1) is 13.2 Å². The standard InChI is InChI=1S/C32H38F3N3O5/c1-4-13-38-19-25(18-36-38)23-7-8-27(43-32(33,34)35)26(16-23)21(3)37-14-11-31(12-15-37)10-9-22-5-6-24(17-28(22)42-31)29(39)20(2)30(40)41/h5-8,16-21,29,39H,4,9-15H2,1-3H3,(H,40,41)/t20-,21?,29+/m0/s1. The number of aryl methyl sites for hydroxylation is 2. The van der Waals surface area contributed by atoms with E-state index in [2.05, 4.69) is 21.7 Å². The van der Waals surface area contributed by atoms with Gasteiger partial charge < -0.3 is 19.7 Å². The minimum atomic E-state index is -4.81. The molecule has 0 radical (unpaired) electrons. The summed E-state index contributed by atoms with van der Waals surface area (Å²) in [5.74, 6) is -1.60. The number of aromatic nitrogens is 2. The number of piperidine rings is 1. The van der Waals surface area contributed by atoms with Crippen molar-refractivity contribution in [1.82, 2.24) is 14.7 Å². The molecule has 2 aromatic carbocycles. The first-order chi connectivity index (χ1) is 20.4. The largest absolute Gasteiger partial charge is 0.573 e. The first-order valence-electron chi connectivity index (χ1n) is 14.8. The van der Waals surface area contributed by atoms with E-state index in [9.17, 15) is 28.2 Å². The van der Waals surface area contributed by atoms with Crippen molar-refractivity contribution in [2.75, 3.05) is 13.1 Å². The molecule has 5 rings (SSSR count). The van der Waals surface area contributed by atoms with Crippen LogP contribution in [0, 0.1) is 5.92 Å². The maximum atomic E-state index is 13.3. The Morgan fingerprint density at radius 3 is 2.53 bits per heavy atom. The van der Waals surface area contributed by atoms with Gasteiger partial charge in [0.05, 0.1) is 18.2 Å². The predicted octanol–water partition coefficient (Wildman–Crippen LogP) is 6.53. The molecule has 0 aliphatic carbocycles. The zero-order valence-electron chi connectivity index (χ0n) is 24.6. The van der Waals surface area contributed by atoms with Crippen molar-refractivity contribution >= 4 is 5.97 Å². The number of carbonyl (C=O) groups is 1. The molecule has 2 aliphatic rings. The summed E-state index contributed by atoms with van der Waals surface area (Å²) in [5.41, 5.74) is 3.12. The number of hydrogen-bond acceptors (Lipinski definition) is 6. The van der Waals surface area contributed by atoms with Gasteiger partial charge in [0.25, 0.3) is 0 Å². The average molecular weight is 602 g/mol. The number of aliphatic hydroxyl groups excluding tert-OH is 1. The van der Waals surface area contributed by atoms with Crippen LogP contribution in [0.5, 0.6) is 11.5 Å². The molecule has 0 amide bonds. The van der Waals surface area contributed by atoms with Crippen LogP contribution in [0.3, 0.4) is 0 Å². The van der Waals surface area contributed by atoms with Gasteiger partial charge in [0, 0.05) is 43.0 Å². The molecule has 3 heterocycles. The van der Waals surface area contributed by atoms with Crippen LogP contribution in [0.4, 0.5) is 13.2 Å². The molecule has 1 unspecified atom stereocenters. The van der Waals surface area contributed by atoms with Crippen molar-refractivity contribution < 1.29 is 37.7 Å². The van der Waals surface area contributed by atoms with Crippen molar-refractivity contribution in [3.8, 4) is 22.6 Å². The molecule has 3 aromatic rings. The van der Waals surface area contributed by atoms with Gasteiger partial charge in [-0.25, -0.2) is 0 Å². The molecule has 0 saturated carbocycles. The molecule has 1 aromatic heterocycles. The van der Waals surface area contributed by atoms with Gasteiger partial charge in [0.15, 0.2) is 0 Å². The number of rotatable bonds is 9. The van der Waals surface area contributed by atoms with Crippen molar-refractivity contribution in [3.05, 3.63) is 65.5 Å². The molecule has 3 atom stereocenters. The Kier molecular flexibility index (Phi) is 8.76. The van der Waals surface area contributed by atoms with Crippen LogP contribution in [-0.4, -0.2) is 55.9 Å². The van der Waals surface area contributed by atoms with Crippen molar-refractivity contribution in [3.63, 3.8) is 0 Å². The summed E-state index contributed by atoms with van der Waals surface area (Å²) >= 11 is 0. The number of likely N-dealkylation sites (tertiary alicyclic amines) is 1. The van der Waals surface area contributed by atoms with Crippen LogP contribution in [0.15, 0.2) is 48.8 Å². The maximum Gasteiger partial charge on any atom is 0.573 e. The lowest BCUT2D eigenvalue weighted by atomic mass is 9.82. The fraction of sp³-hybridized carbons (Fsp3) is 0.500.